The SMILES string of the molecule is N#Cc1ccc(OC[C@@](N)(Cc2ccccc2)C(=O)Nc2ccc(C#N)c(C(F)(F)F)c2)cc1. The van der Waals surface area contributed by atoms with E-state index in [0.29, 0.717) is 17.4 Å². The largest absolute Gasteiger partial charge is 0.491 e. The van der Waals surface area contributed by atoms with Crippen molar-refractivity contribution in [1.29, 1.82) is 10.5 Å². The second-order valence-electron chi connectivity index (χ2n) is 7.57. The maximum absolute atomic E-state index is 13.3. The zero-order valence-electron chi connectivity index (χ0n) is 17.8. The number of nitrogens with one attached hydrogen (secondary N) is 1. The molecule has 0 spiro atoms. The molecule has 0 bridgehead atoms. The fraction of sp³-hybridized carbons (Fsp3) is 0.160. The average Bonchev–Trinajstić information content (AvgIpc) is 2.83. The Morgan fingerprint density at radius 2 is 1.65 bits per heavy atom. The van der Waals surface area contributed by atoms with Gasteiger partial charge in [0.15, 0.2) is 0 Å². The van der Waals surface area contributed by atoms with Crippen molar-refractivity contribution in [3.05, 3.63) is 95.1 Å². The second-order valence-corrected chi connectivity index (χ2v) is 7.57. The van der Waals surface area contributed by atoms with Crippen LogP contribution in [0.3, 0.4) is 0 Å². The average molecular weight is 464 g/mol. The lowest BCUT2D eigenvalue weighted by molar-refractivity contribution is -0.137. The summed E-state index contributed by atoms with van der Waals surface area (Å²) in [5, 5.41) is 20.3. The van der Waals surface area contributed by atoms with E-state index in [9.17, 15) is 18.0 Å². The Kier molecular flexibility index (Phi) is 7.20. The molecule has 3 aromatic carbocycles. The summed E-state index contributed by atoms with van der Waals surface area (Å²) in [4.78, 5) is 13.2. The monoisotopic (exact) mass is 464 g/mol. The van der Waals surface area contributed by atoms with Crippen LogP contribution >= 0.6 is 0 Å². The number of nitriles is 2. The van der Waals surface area contributed by atoms with E-state index in [1.165, 1.54) is 12.1 Å². The Hall–Kier alpha value is -4.34. The van der Waals surface area contributed by atoms with Gasteiger partial charge in [0.05, 0.1) is 28.8 Å². The van der Waals surface area contributed by atoms with Gasteiger partial charge in [-0.2, -0.15) is 23.7 Å². The number of hydrogen-bond donors (Lipinski definition) is 2. The lowest BCUT2D eigenvalue weighted by Crippen LogP contribution is -2.57. The molecule has 0 heterocycles. The Bertz CT molecular complexity index is 1250. The fourth-order valence-electron chi connectivity index (χ4n) is 3.20. The van der Waals surface area contributed by atoms with Gasteiger partial charge in [-0.25, -0.2) is 0 Å². The number of alkyl halides is 3. The van der Waals surface area contributed by atoms with E-state index in [1.54, 1.807) is 54.6 Å². The number of ether oxygens (including phenoxy) is 1. The maximum Gasteiger partial charge on any atom is 0.417 e. The summed E-state index contributed by atoms with van der Waals surface area (Å²) in [5.74, 6) is -0.393. The molecule has 0 aliphatic heterocycles. The summed E-state index contributed by atoms with van der Waals surface area (Å²) >= 11 is 0. The van der Waals surface area contributed by atoms with Crippen LogP contribution in [0.15, 0.2) is 72.8 Å². The molecule has 3 N–H and O–H groups in total. The zero-order valence-corrected chi connectivity index (χ0v) is 17.8. The van der Waals surface area contributed by atoms with Crippen LogP contribution in [0.25, 0.3) is 0 Å². The minimum atomic E-state index is -4.77. The Balaban J connectivity index is 1.87. The summed E-state index contributed by atoms with van der Waals surface area (Å²) in [6.07, 6.45) is -4.73. The number of nitrogens with zero attached hydrogens (tertiary/aromatic N) is 2. The van der Waals surface area contributed by atoms with Crippen LogP contribution < -0.4 is 15.8 Å². The fourth-order valence-corrected chi connectivity index (χ4v) is 3.20. The van der Waals surface area contributed by atoms with E-state index < -0.39 is 28.7 Å². The van der Waals surface area contributed by atoms with Gasteiger partial charge in [-0.05, 0) is 48.0 Å². The summed E-state index contributed by atoms with van der Waals surface area (Å²) in [6, 6.07) is 21.4. The standard InChI is InChI=1S/C25H19F3N4O2/c26-25(27,28)22-12-20(9-8-19(22)15-30)32-23(33)24(31,13-17-4-2-1-3-5-17)16-34-21-10-6-18(14-29)7-11-21/h1-12H,13,16,31H2,(H,32,33)/t24-/m0/s1. The van der Waals surface area contributed by atoms with Crippen molar-refractivity contribution in [1.82, 2.24) is 0 Å². The molecule has 0 aliphatic carbocycles. The normalized spacial score (nSPS) is 12.6. The van der Waals surface area contributed by atoms with Gasteiger partial charge in [-0.15, -0.1) is 0 Å². The van der Waals surface area contributed by atoms with Crippen LogP contribution in [-0.4, -0.2) is 18.1 Å². The first-order chi connectivity index (χ1) is 16.1. The molecule has 1 atom stereocenters. The number of amides is 1. The molecule has 1 amide bonds. The maximum atomic E-state index is 13.3. The van der Waals surface area contributed by atoms with Gasteiger partial charge in [0.25, 0.3) is 0 Å². The highest BCUT2D eigenvalue weighted by molar-refractivity contribution is 5.98. The lowest BCUT2D eigenvalue weighted by atomic mass is 9.91. The van der Waals surface area contributed by atoms with E-state index in [-0.39, 0.29) is 18.7 Å². The van der Waals surface area contributed by atoms with E-state index in [4.69, 9.17) is 21.0 Å². The lowest BCUT2D eigenvalue weighted by Gasteiger charge is -2.28. The van der Waals surface area contributed by atoms with Gasteiger partial charge in [-0.1, -0.05) is 30.3 Å². The van der Waals surface area contributed by atoms with E-state index in [2.05, 4.69) is 5.32 Å². The van der Waals surface area contributed by atoms with Gasteiger partial charge < -0.3 is 15.8 Å². The van der Waals surface area contributed by atoms with Crippen LogP contribution in [0.5, 0.6) is 5.75 Å². The Morgan fingerprint density at radius 1 is 0.971 bits per heavy atom. The van der Waals surface area contributed by atoms with Crippen molar-refractivity contribution < 1.29 is 22.7 Å². The van der Waals surface area contributed by atoms with Gasteiger partial charge in [-0.3, -0.25) is 4.79 Å². The highest BCUT2D eigenvalue weighted by Gasteiger charge is 2.37. The van der Waals surface area contributed by atoms with Crippen LogP contribution in [0, 0.1) is 22.7 Å². The first-order valence-corrected chi connectivity index (χ1v) is 10.0. The van der Waals surface area contributed by atoms with Crippen molar-refractivity contribution in [3.63, 3.8) is 0 Å². The highest BCUT2D eigenvalue weighted by atomic mass is 19.4. The second kappa shape index (κ2) is 10.1. The number of carbonyl (C=O) groups is 1. The minimum Gasteiger partial charge on any atom is -0.491 e. The van der Waals surface area contributed by atoms with Crippen molar-refractivity contribution in [3.8, 4) is 17.9 Å². The van der Waals surface area contributed by atoms with Gasteiger partial charge >= 0.3 is 6.18 Å². The van der Waals surface area contributed by atoms with Crippen LogP contribution in [0.2, 0.25) is 0 Å². The molecule has 0 unspecified atom stereocenters. The molecule has 3 aromatic rings. The number of rotatable bonds is 7. The molecule has 34 heavy (non-hydrogen) atoms. The molecule has 3 rings (SSSR count). The van der Waals surface area contributed by atoms with Crippen molar-refractivity contribution in [2.45, 2.75) is 18.1 Å². The minimum absolute atomic E-state index is 0.0400. The topological polar surface area (TPSA) is 112 Å². The molecule has 0 aliphatic rings. The zero-order chi connectivity index (χ0) is 24.8. The molecular formula is C25H19F3N4O2. The third-order valence-electron chi connectivity index (χ3n) is 5.00. The number of carbonyl (C=O) groups excluding carboxylic acids is 1. The van der Waals surface area contributed by atoms with Crippen LogP contribution in [0.1, 0.15) is 22.3 Å². The molecule has 0 fully saturated rings. The van der Waals surface area contributed by atoms with Crippen molar-refractivity contribution in [2.24, 2.45) is 5.73 Å². The molecule has 0 saturated carbocycles. The Labute approximate surface area is 194 Å². The number of halogens is 3. The number of nitrogens with two attached hydrogens (primary N) is 1. The third kappa shape index (κ3) is 5.91. The number of anilines is 1. The van der Waals surface area contributed by atoms with Gasteiger partial charge in [0.2, 0.25) is 5.91 Å². The molecular weight excluding hydrogens is 445 g/mol. The molecule has 9 heteroatoms. The van der Waals surface area contributed by atoms with Crippen LogP contribution in [-0.2, 0) is 17.4 Å². The van der Waals surface area contributed by atoms with E-state index in [1.807, 2.05) is 6.07 Å². The Morgan fingerprint density at radius 3 is 2.24 bits per heavy atom. The number of benzene rings is 3. The molecule has 0 radical (unpaired) electrons. The van der Waals surface area contributed by atoms with Gasteiger partial charge in [0, 0.05) is 12.1 Å². The first kappa shape index (κ1) is 24.3. The van der Waals surface area contributed by atoms with Gasteiger partial charge in [0.1, 0.15) is 17.9 Å². The third-order valence-corrected chi connectivity index (χ3v) is 5.00. The molecule has 172 valence electrons. The smallest absolute Gasteiger partial charge is 0.417 e. The highest BCUT2D eigenvalue weighted by Crippen LogP contribution is 2.33. The molecule has 0 saturated heterocycles. The van der Waals surface area contributed by atoms with Crippen molar-refractivity contribution in [2.75, 3.05) is 11.9 Å². The van der Waals surface area contributed by atoms with E-state index in [0.717, 1.165) is 11.6 Å². The predicted molar refractivity (Wildman–Crippen MR) is 119 cm³/mol. The number of hydrogen-bond acceptors (Lipinski definition) is 5. The first-order valence-electron chi connectivity index (χ1n) is 10.0. The molecule has 6 nitrogen and oxygen atoms in total. The predicted octanol–water partition coefficient (Wildman–Crippen LogP) is 4.41. The van der Waals surface area contributed by atoms with E-state index >= 15 is 0 Å². The summed E-state index contributed by atoms with van der Waals surface area (Å²) < 4.78 is 45.6. The van der Waals surface area contributed by atoms with Crippen molar-refractivity contribution >= 4 is 11.6 Å². The summed E-state index contributed by atoms with van der Waals surface area (Å²) in [5.41, 5.74) is 4.06. The summed E-state index contributed by atoms with van der Waals surface area (Å²) in [7, 11) is 0. The molecule has 0 aromatic heterocycles. The quantitative estimate of drug-likeness (QED) is 0.538. The van der Waals surface area contributed by atoms with Crippen LogP contribution in [0.4, 0.5) is 18.9 Å². The summed E-state index contributed by atoms with van der Waals surface area (Å²) in [6.45, 7) is -0.290.